The molecule has 1 aromatic carbocycles. The molecule has 5 nitrogen and oxygen atoms in total. The van der Waals surface area contributed by atoms with E-state index in [1.165, 1.54) is 6.07 Å². The lowest BCUT2D eigenvalue weighted by Gasteiger charge is -2.27. The zero-order valence-electron chi connectivity index (χ0n) is 11.3. The third-order valence-corrected chi connectivity index (χ3v) is 3.99. The van der Waals surface area contributed by atoms with Gasteiger partial charge in [0.1, 0.15) is 11.8 Å². The van der Waals surface area contributed by atoms with Gasteiger partial charge in [-0.15, -0.1) is 0 Å². The Morgan fingerprint density at radius 3 is 2.67 bits per heavy atom. The Morgan fingerprint density at radius 2 is 2.05 bits per heavy atom. The maximum Gasteiger partial charge on any atom is 0.326 e. The van der Waals surface area contributed by atoms with Gasteiger partial charge in [-0.2, -0.15) is 0 Å². The maximum atomic E-state index is 12.2. The van der Waals surface area contributed by atoms with Crippen LogP contribution < -0.4 is 5.32 Å². The number of benzene rings is 1. The number of halogens is 1. The zero-order chi connectivity index (χ0) is 15.4. The average molecular weight is 310 g/mol. The van der Waals surface area contributed by atoms with Gasteiger partial charge in [0.15, 0.2) is 0 Å². The molecule has 1 saturated carbocycles. The molecular formula is C15H16ClNO4. The number of hydrogen-bond donors (Lipinski definition) is 2. The quantitative estimate of drug-likeness (QED) is 0.893. The first-order valence-electron chi connectivity index (χ1n) is 6.79. The van der Waals surface area contributed by atoms with Crippen molar-refractivity contribution in [2.45, 2.75) is 31.7 Å². The molecule has 0 radical (unpaired) electrons. The number of Topliss-reactive ketones (excluding diaryl/α,β-unsaturated/α-hetero) is 1. The molecule has 0 saturated heterocycles. The SMILES string of the molecule is O=C1CCC[C@H]([C@H](NC(=O)c2ccccc2Cl)C(=O)O)C1. The van der Waals surface area contributed by atoms with E-state index >= 15 is 0 Å². The summed E-state index contributed by atoms with van der Waals surface area (Å²) in [6.07, 6.45) is 1.96. The average Bonchev–Trinajstić information content (AvgIpc) is 2.44. The summed E-state index contributed by atoms with van der Waals surface area (Å²) in [5, 5.41) is 12.1. The molecule has 0 aliphatic heterocycles. The van der Waals surface area contributed by atoms with E-state index in [0.29, 0.717) is 19.3 Å². The number of nitrogens with one attached hydrogen (secondary N) is 1. The Morgan fingerprint density at radius 1 is 1.33 bits per heavy atom. The topological polar surface area (TPSA) is 83.5 Å². The van der Waals surface area contributed by atoms with Crippen molar-refractivity contribution < 1.29 is 19.5 Å². The van der Waals surface area contributed by atoms with Crippen molar-refractivity contribution in [1.29, 1.82) is 0 Å². The van der Waals surface area contributed by atoms with E-state index < -0.39 is 17.9 Å². The van der Waals surface area contributed by atoms with Crippen LogP contribution >= 0.6 is 11.6 Å². The van der Waals surface area contributed by atoms with Crippen LogP contribution in [0.4, 0.5) is 0 Å². The number of carboxylic acid groups (broad SMARTS) is 1. The number of hydrogen-bond acceptors (Lipinski definition) is 3. The van der Waals surface area contributed by atoms with Crippen molar-refractivity contribution in [3.05, 3.63) is 34.9 Å². The van der Waals surface area contributed by atoms with Gasteiger partial charge in [0.2, 0.25) is 0 Å². The monoisotopic (exact) mass is 309 g/mol. The van der Waals surface area contributed by atoms with Crippen molar-refractivity contribution in [3.8, 4) is 0 Å². The minimum Gasteiger partial charge on any atom is -0.480 e. The first-order chi connectivity index (χ1) is 9.99. The molecule has 21 heavy (non-hydrogen) atoms. The van der Waals surface area contributed by atoms with Crippen LogP contribution in [0, 0.1) is 5.92 Å². The van der Waals surface area contributed by atoms with Crippen LogP contribution in [-0.2, 0) is 9.59 Å². The first-order valence-corrected chi connectivity index (χ1v) is 7.16. The second kappa shape index (κ2) is 6.72. The van der Waals surface area contributed by atoms with Crippen LogP contribution in [0.1, 0.15) is 36.0 Å². The molecule has 1 fully saturated rings. The van der Waals surface area contributed by atoms with E-state index in [4.69, 9.17) is 11.6 Å². The van der Waals surface area contributed by atoms with Gasteiger partial charge in [-0.3, -0.25) is 9.59 Å². The lowest BCUT2D eigenvalue weighted by molar-refractivity contribution is -0.141. The summed E-state index contributed by atoms with van der Waals surface area (Å²) in [6.45, 7) is 0. The highest BCUT2D eigenvalue weighted by atomic mass is 35.5. The van der Waals surface area contributed by atoms with Gasteiger partial charge in [-0.25, -0.2) is 4.79 Å². The fourth-order valence-corrected chi connectivity index (χ4v) is 2.81. The van der Waals surface area contributed by atoms with Crippen LogP contribution in [0.15, 0.2) is 24.3 Å². The minimum absolute atomic E-state index is 0.0458. The number of carboxylic acids is 1. The Kier molecular flexibility index (Phi) is 4.96. The second-order valence-corrected chi connectivity index (χ2v) is 5.57. The van der Waals surface area contributed by atoms with Crippen molar-refractivity contribution >= 4 is 29.3 Å². The smallest absolute Gasteiger partial charge is 0.326 e. The molecule has 2 rings (SSSR count). The van der Waals surface area contributed by atoms with Gasteiger partial charge in [0, 0.05) is 12.8 Å². The Balaban J connectivity index is 2.13. The van der Waals surface area contributed by atoms with Gasteiger partial charge in [-0.1, -0.05) is 23.7 Å². The van der Waals surface area contributed by atoms with E-state index in [-0.39, 0.29) is 28.7 Å². The summed E-state index contributed by atoms with van der Waals surface area (Å²) in [4.78, 5) is 35.0. The molecule has 0 aromatic heterocycles. The standard InChI is InChI=1S/C15H16ClNO4/c16-12-7-2-1-6-11(12)14(19)17-13(15(20)21)9-4-3-5-10(18)8-9/h1-2,6-7,9,13H,3-5,8H2,(H,17,19)(H,20,21)/t9-,13-/m0/s1. The van der Waals surface area contributed by atoms with Crippen LogP contribution in [0.25, 0.3) is 0 Å². The summed E-state index contributed by atoms with van der Waals surface area (Å²) in [5.41, 5.74) is 0.229. The molecule has 2 atom stereocenters. The molecule has 0 spiro atoms. The molecule has 0 heterocycles. The summed E-state index contributed by atoms with van der Waals surface area (Å²) in [7, 11) is 0. The van der Waals surface area contributed by atoms with Crippen molar-refractivity contribution in [1.82, 2.24) is 5.32 Å². The van der Waals surface area contributed by atoms with E-state index in [0.717, 1.165) is 0 Å². The van der Waals surface area contributed by atoms with Gasteiger partial charge in [-0.05, 0) is 30.9 Å². The normalized spacial score (nSPS) is 19.9. The van der Waals surface area contributed by atoms with Crippen molar-refractivity contribution in [3.63, 3.8) is 0 Å². The number of ketones is 1. The lowest BCUT2D eigenvalue weighted by atomic mass is 9.83. The zero-order valence-corrected chi connectivity index (χ0v) is 12.1. The lowest BCUT2D eigenvalue weighted by Crippen LogP contribution is -2.47. The van der Waals surface area contributed by atoms with Crippen molar-refractivity contribution in [2.24, 2.45) is 5.92 Å². The summed E-state index contributed by atoms with van der Waals surface area (Å²) < 4.78 is 0. The number of rotatable bonds is 4. The summed E-state index contributed by atoms with van der Waals surface area (Å²) in [5.74, 6) is -1.99. The Hall–Kier alpha value is -1.88. The first kappa shape index (κ1) is 15.5. The third-order valence-electron chi connectivity index (χ3n) is 3.66. The fourth-order valence-electron chi connectivity index (χ4n) is 2.59. The highest BCUT2D eigenvalue weighted by Gasteiger charge is 2.33. The summed E-state index contributed by atoms with van der Waals surface area (Å²) >= 11 is 5.93. The Bertz CT molecular complexity index is 573. The van der Waals surface area contributed by atoms with Crippen LogP contribution in [0.5, 0.6) is 0 Å². The molecule has 6 heteroatoms. The number of amides is 1. The molecule has 112 valence electrons. The number of carbonyl (C=O) groups is 3. The van der Waals surface area contributed by atoms with Gasteiger partial charge in [0.05, 0.1) is 10.6 Å². The molecule has 2 N–H and O–H groups in total. The van der Waals surface area contributed by atoms with Crippen molar-refractivity contribution in [2.75, 3.05) is 0 Å². The predicted molar refractivity (Wildman–Crippen MR) is 77.3 cm³/mol. The molecule has 0 bridgehead atoms. The molecule has 0 unspecified atom stereocenters. The molecule has 1 aromatic rings. The van der Waals surface area contributed by atoms with Crippen LogP contribution in [0.3, 0.4) is 0 Å². The van der Waals surface area contributed by atoms with Gasteiger partial charge < -0.3 is 10.4 Å². The number of carbonyl (C=O) groups excluding carboxylic acids is 2. The summed E-state index contributed by atoms with van der Waals surface area (Å²) in [6, 6.07) is 5.37. The van der Waals surface area contributed by atoms with Crippen LogP contribution in [0.2, 0.25) is 5.02 Å². The van der Waals surface area contributed by atoms with E-state index in [2.05, 4.69) is 5.32 Å². The van der Waals surface area contributed by atoms with E-state index in [1.807, 2.05) is 0 Å². The Labute approximate surface area is 127 Å². The van der Waals surface area contributed by atoms with Crippen LogP contribution in [-0.4, -0.2) is 28.8 Å². The maximum absolute atomic E-state index is 12.2. The molecule has 1 aliphatic carbocycles. The fraction of sp³-hybridized carbons (Fsp3) is 0.400. The van der Waals surface area contributed by atoms with E-state index in [1.54, 1.807) is 18.2 Å². The van der Waals surface area contributed by atoms with Gasteiger partial charge >= 0.3 is 5.97 Å². The molecular weight excluding hydrogens is 294 g/mol. The third kappa shape index (κ3) is 3.82. The second-order valence-electron chi connectivity index (χ2n) is 5.16. The highest BCUT2D eigenvalue weighted by Crippen LogP contribution is 2.25. The highest BCUT2D eigenvalue weighted by molar-refractivity contribution is 6.33. The minimum atomic E-state index is -1.13. The molecule has 1 aliphatic rings. The number of aliphatic carboxylic acids is 1. The molecule has 1 amide bonds. The van der Waals surface area contributed by atoms with E-state index in [9.17, 15) is 19.5 Å². The predicted octanol–water partition coefficient (Wildman–Crippen LogP) is 2.28. The van der Waals surface area contributed by atoms with Gasteiger partial charge in [0.25, 0.3) is 5.91 Å². The largest absolute Gasteiger partial charge is 0.480 e.